The lowest BCUT2D eigenvalue weighted by atomic mass is 9.94. The van der Waals surface area contributed by atoms with Crippen LogP contribution in [-0.2, 0) is 10.0 Å². The van der Waals surface area contributed by atoms with Crippen LogP contribution in [0.25, 0.3) is 0 Å². The molecule has 0 aliphatic carbocycles. The van der Waals surface area contributed by atoms with Gasteiger partial charge in [-0.3, -0.25) is 0 Å². The SMILES string of the molecule is CC(N)CC1CCCN1S(=O)(=O)CCC(C)(C)C. The maximum atomic E-state index is 12.4. The van der Waals surface area contributed by atoms with E-state index < -0.39 is 10.0 Å². The number of hydrogen-bond acceptors (Lipinski definition) is 3. The van der Waals surface area contributed by atoms with Crippen molar-refractivity contribution in [2.24, 2.45) is 11.1 Å². The maximum absolute atomic E-state index is 12.4. The smallest absolute Gasteiger partial charge is 0.214 e. The van der Waals surface area contributed by atoms with Gasteiger partial charge in [-0.2, -0.15) is 4.31 Å². The van der Waals surface area contributed by atoms with Crippen LogP contribution in [0, 0.1) is 5.41 Å². The molecule has 1 saturated heterocycles. The second kappa shape index (κ2) is 5.88. The first-order chi connectivity index (χ1) is 8.12. The monoisotopic (exact) mass is 276 g/mol. The van der Waals surface area contributed by atoms with Gasteiger partial charge in [-0.1, -0.05) is 20.8 Å². The molecule has 1 fully saturated rings. The van der Waals surface area contributed by atoms with Gasteiger partial charge in [0, 0.05) is 18.6 Å². The average molecular weight is 276 g/mol. The summed E-state index contributed by atoms with van der Waals surface area (Å²) in [6, 6.07) is 0.184. The van der Waals surface area contributed by atoms with Crippen molar-refractivity contribution in [3.05, 3.63) is 0 Å². The van der Waals surface area contributed by atoms with Crippen molar-refractivity contribution in [1.82, 2.24) is 4.31 Å². The summed E-state index contributed by atoms with van der Waals surface area (Å²) in [7, 11) is -3.11. The summed E-state index contributed by atoms with van der Waals surface area (Å²) >= 11 is 0. The molecule has 2 unspecified atom stereocenters. The number of sulfonamides is 1. The lowest BCUT2D eigenvalue weighted by Gasteiger charge is -2.27. The first-order valence-electron chi connectivity index (χ1n) is 6.87. The van der Waals surface area contributed by atoms with Crippen LogP contribution < -0.4 is 5.73 Å². The molecule has 2 N–H and O–H groups in total. The van der Waals surface area contributed by atoms with Gasteiger partial charge in [0.1, 0.15) is 0 Å². The van der Waals surface area contributed by atoms with Crippen molar-refractivity contribution in [2.45, 2.75) is 65.5 Å². The van der Waals surface area contributed by atoms with Gasteiger partial charge in [0.15, 0.2) is 0 Å². The van der Waals surface area contributed by atoms with E-state index in [1.165, 1.54) is 0 Å². The predicted molar refractivity (Wildman–Crippen MR) is 75.9 cm³/mol. The van der Waals surface area contributed by atoms with Crippen LogP contribution in [-0.4, -0.2) is 37.1 Å². The Morgan fingerprint density at radius 2 is 2.00 bits per heavy atom. The van der Waals surface area contributed by atoms with Crippen LogP contribution in [0.2, 0.25) is 0 Å². The number of rotatable bonds is 5. The number of nitrogens with zero attached hydrogens (tertiary/aromatic N) is 1. The van der Waals surface area contributed by atoms with Crippen LogP contribution >= 0.6 is 0 Å². The average Bonchev–Trinajstić information content (AvgIpc) is 2.61. The van der Waals surface area contributed by atoms with Crippen molar-refractivity contribution in [3.63, 3.8) is 0 Å². The highest BCUT2D eigenvalue weighted by Gasteiger charge is 2.34. The lowest BCUT2D eigenvalue weighted by Crippen LogP contribution is -2.40. The highest BCUT2D eigenvalue weighted by Crippen LogP contribution is 2.27. The Balaban J connectivity index is 2.66. The molecule has 0 bridgehead atoms. The van der Waals surface area contributed by atoms with Crippen molar-refractivity contribution >= 4 is 10.0 Å². The van der Waals surface area contributed by atoms with Crippen molar-refractivity contribution in [1.29, 1.82) is 0 Å². The molecule has 0 saturated carbocycles. The summed E-state index contributed by atoms with van der Waals surface area (Å²) in [5.74, 6) is 0.256. The molecule has 0 aromatic heterocycles. The zero-order valence-corrected chi connectivity index (χ0v) is 13.0. The van der Waals surface area contributed by atoms with E-state index >= 15 is 0 Å². The first kappa shape index (κ1) is 15.9. The van der Waals surface area contributed by atoms with Gasteiger partial charge in [0.05, 0.1) is 5.75 Å². The van der Waals surface area contributed by atoms with Crippen molar-refractivity contribution in [2.75, 3.05) is 12.3 Å². The molecule has 0 aromatic carbocycles. The molecule has 1 aliphatic rings. The largest absolute Gasteiger partial charge is 0.328 e. The molecule has 0 radical (unpaired) electrons. The topological polar surface area (TPSA) is 63.4 Å². The lowest BCUT2D eigenvalue weighted by molar-refractivity contribution is 0.345. The molecule has 0 aromatic rings. The molecule has 108 valence electrons. The Hall–Kier alpha value is -0.130. The molecule has 1 heterocycles. The van der Waals surface area contributed by atoms with Crippen molar-refractivity contribution in [3.8, 4) is 0 Å². The van der Waals surface area contributed by atoms with Crippen LogP contribution in [0.1, 0.15) is 53.4 Å². The van der Waals surface area contributed by atoms with Gasteiger partial charge >= 0.3 is 0 Å². The van der Waals surface area contributed by atoms with E-state index in [9.17, 15) is 8.42 Å². The minimum absolute atomic E-state index is 0.0590. The van der Waals surface area contributed by atoms with E-state index in [1.54, 1.807) is 4.31 Å². The Kier molecular flexibility index (Phi) is 5.21. The summed E-state index contributed by atoms with van der Waals surface area (Å²) in [5, 5.41) is 0. The molecule has 0 spiro atoms. The Labute approximate surface area is 112 Å². The fourth-order valence-electron chi connectivity index (χ4n) is 2.39. The Bertz CT molecular complexity index is 358. The van der Waals surface area contributed by atoms with E-state index in [4.69, 9.17) is 5.73 Å². The second-order valence-electron chi connectivity index (χ2n) is 6.75. The third-order valence-electron chi connectivity index (χ3n) is 3.43. The van der Waals surface area contributed by atoms with Gasteiger partial charge in [0.25, 0.3) is 0 Å². The zero-order chi connectivity index (χ0) is 14.0. The second-order valence-corrected chi connectivity index (χ2v) is 8.79. The molecule has 18 heavy (non-hydrogen) atoms. The van der Waals surface area contributed by atoms with Gasteiger partial charge in [-0.25, -0.2) is 8.42 Å². The highest BCUT2D eigenvalue weighted by atomic mass is 32.2. The van der Waals surface area contributed by atoms with E-state index in [0.29, 0.717) is 13.0 Å². The van der Waals surface area contributed by atoms with Gasteiger partial charge in [-0.15, -0.1) is 0 Å². The van der Waals surface area contributed by atoms with E-state index in [1.807, 2.05) is 6.92 Å². The molecular formula is C13H28N2O2S. The minimum Gasteiger partial charge on any atom is -0.328 e. The Morgan fingerprint density at radius 1 is 1.39 bits per heavy atom. The predicted octanol–water partition coefficient (Wildman–Crippen LogP) is 1.95. The standard InChI is InChI=1S/C13H28N2O2S/c1-11(14)10-12-6-5-8-15(12)18(16,17)9-7-13(2,3)4/h11-12H,5-10,14H2,1-4H3. The summed E-state index contributed by atoms with van der Waals surface area (Å²) in [5.41, 5.74) is 5.86. The fourth-order valence-corrected chi connectivity index (χ4v) is 4.55. The van der Waals surface area contributed by atoms with Gasteiger partial charge in [-0.05, 0) is 38.0 Å². The maximum Gasteiger partial charge on any atom is 0.214 e. The first-order valence-corrected chi connectivity index (χ1v) is 8.48. The third kappa shape index (κ3) is 4.86. The molecule has 5 heteroatoms. The van der Waals surface area contributed by atoms with E-state index in [2.05, 4.69) is 20.8 Å². The summed E-state index contributed by atoms with van der Waals surface area (Å²) in [6.07, 6.45) is 3.40. The molecular weight excluding hydrogens is 248 g/mol. The normalized spacial score (nSPS) is 24.4. The summed E-state index contributed by atoms with van der Waals surface area (Å²) < 4.78 is 26.4. The number of nitrogens with two attached hydrogens (primary N) is 1. The zero-order valence-electron chi connectivity index (χ0n) is 12.1. The van der Waals surface area contributed by atoms with E-state index in [-0.39, 0.29) is 23.3 Å². The molecule has 1 aliphatic heterocycles. The van der Waals surface area contributed by atoms with Crippen LogP contribution in [0.15, 0.2) is 0 Å². The van der Waals surface area contributed by atoms with Crippen molar-refractivity contribution < 1.29 is 8.42 Å². The van der Waals surface area contributed by atoms with Gasteiger partial charge < -0.3 is 5.73 Å². The highest BCUT2D eigenvalue weighted by molar-refractivity contribution is 7.89. The minimum atomic E-state index is -3.11. The third-order valence-corrected chi connectivity index (χ3v) is 5.35. The summed E-state index contributed by atoms with van der Waals surface area (Å²) in [4.78, 5) is 0. The van der Waals surface area contributed by atoms with Crippen LogP contribution in [0.3, 0.4) is 0 Å². The molecule has 2 atom stereocenters. The number of hydrogen-bond donors (Lipinski definition) is 1. The van der Waals surface area contributed by atoms with Crippen LogP contribution in [0.4, 0.5) is 0 Å². The fraction of sp³-hybridized carbons (Fsp3) is 1.00. The van der Waals surface area contributed by atoms with Gasteiger partial charge in [0.2, 0.25) is 10.0 Å². The van der Waals surface area contributed by atoms with E-state index in [0.717, 1.165) is 19.3 Å². The molecule has 4 nitrogen and oxygen atoms in total. The summed E-state index contributed by atoms with van der Waals surface area (Å²) in [6.45, 7) is 8.84. The molecule has 0 amide bonds. The molecule has 1 rings (SSSR count). The quantitative estimate of drug-likeness (QED) is 0.835. The Morgan fingerprint density at radius 3 is 2.50 bits per heavy atom. The van der Waals surface area contributed by atoms with Crippen LogP contribution in [0.5, 0.6) is 0 Å².